The summed E-state index contributed by atoms with van der Waals surface area (Å²) in [6.45, 7) is -2.87. The summed E-state index contributed by atoms with van der Waals surface area (Å²) in [5.41, 5.74) is 3.60. The van der Waals surface area contributed by atoms with Crippen molar-refractivity contribution in [2.75, 3.05) is 0 Å². The molecule has 0 radical (unpaired) electrons. The van der Waals surface area contributed by atoms with E-state index >= 15 is 0 Å². The van der Waals surface area contributed by atoms with Crippen LogP contribution in [0.25, 0.3) is 16.9 Å². The first kappa shape index (κ1) is 20.1. The van der Waals surface area contributed by atoms with Crippen molar-refractivity contribution in [2.45, 2.75) is 17.5 Å². The van der Waals surface area contributed by atoms with Crippen LogP contribution in [0.5, 0.6) is 5.75 Å². The molecular formula is C23H17F3N2OS. The number of aromatic nitrogens is 2. The lowest BCUT2D eigenvalue weighted by Crippen LogP contribution is -2.03. The zero-order chi connectivity index (χ0) is 20.9. The van der Waals surface area contributed by atoms with Gasteiger partial charge in [0.05, 0.1) is 11.9 Å². The molecule has 0 saturated heterocycles. The third-order valence-electron chi connectivity index (χ3n) is 4.40. The van der Waals surface area contributed by atoms with Gasteiger partial charge in [0.2, 0.25) is 0 Å². The van der Waals surface area contributed by atoms with Crippen molar-refractivity contribution in [3.63, 3.8) is 0 Å². The Morgan fingerprint density at radius 1 is 0.900 bits per heavy atom. The normalized spacial score (nSPS) is 11.1. The Kier molecular flexibility index (Phi) is 6.09. The van der Waals surface area contributed by atoms with Crippen molar-refractivity contribution in [3.8, 4) is 22.7 Å². The van der Waals surface area contributed by atoms with Gasteiger partial charge in [0.25, 0.3) is 0 Å². The van der Waals surface area contributed by atoms with Crippen LogP contribution in [0.1, 0.15) is 5.56 Å². The van der Waals surface area contributed by atoms with Gasteiger partial charge in [0, 0.05) is 17.0 Å². The Balaban J connectivity index is 1.68. The van der Waals surface area contributed by atoms with Gasteiger partial charge in [-0.2, -0.15) is 8.78 Å². The van der Waals surface area contributed by atoms with Crippen molar-refractivity contribution in [1.82, 2.24) is 9.55 Å². The number of hydrogen-bond donors (Lipinski definition) is 0. The number of thioether (sulfide) groups is 1. The van der Waals surface area contributed by atoms with E-state index in [1.54, 1.807) is 30.5 Å². The fraction of sp³-hybridized carbons (Fsp3) is 0.0870. The molecule has 0 fully saturated rings. The van der Waals surface area contributed by atoms with Crippen LogP contribution in [0.2, 0.25) is 0 Å². The summed E-state index contributed by atoms with van der Waals surface area (Å²) in [5.74, 6) is 0.427. The van der Waals surface area contributed by atoms with Gasteiger partial charge in [0.15, 0.2) is 5.16 Å². The fourth-order valence-corrected chi connectivity index (χ4v) is 3.95. The summed E-state index contributed by atoms with van der Waals surface area (Å²) in [7, 11) is 0. The fourth-order valence-electron chi connectivity index (χ4n) is 3.00. The highest BCUT2D eigenvalue weighted by Crippen LogP contribution is 2.32. The molecule has 3 nitrogen and oxygen atoms in total. The van der Waals surface area contributed by atoms with E-state index in [4.69, 9.17) is 0 Å². The van der Waals surface area contributed by atoms with E-state index in [1.165, 1.54) is 36.0 Å². The monoisotopic (exact) mass is 426 g/mol. The number of benzene rings is 3. The molecule has 152 valence electrons. The predicted molar refractivity (Wildman–Crippen MR) is 112 cm³/mol. The van der Waals surface area contributed by atoms with E-state index in [0.717, 1.165) is 27.7 Å². The quantitative estimate of drug-likeness (QED) is 0.313. The smallest absolute Gasteiger partial charge is 0.387 e. The maximum Gasteiger partial charge on any atom is 0.387 e. The second-order valence-electron chi connectivity index (χ2n) is 6.41. The highest BCUT2D eigenvalue weighted by Gasteiger charge is 2.15. The Labute approximate surface area is 176 Å². The lowest BCUT2D eigenvalue weighted by atomic mass is 10.1. The second kappa shape index (κ2) is 9.09. The average molecular weight is 426 g/mol. The van der Waals surface area contributed by atoms with Crippen LogP contribution in [0.3, 0.4) is 0 Å². The van der Waals surface area contributed by atoms with Gasteiger partial charge < -0.3 is 4.74 Å². The van der Waals surface area contributed by atoms with Gasteiger partial charge in [-0.3, -0.25) is 4.57 Å². The van der Waals surface area contributed by atoms with Crippen LogP contribution < -0.4 is 4.74 Å². The van der Waals surface area contributed by atoms with Crippen LogP contribution in [-0.2, 0) is 5.75 Å². The summed E-state index contributed by atoms with van der Waals surface area (Å²) in [6.07, 6.45) is 1.78. The number of imidazole rings is 1. The summed E-state index contributed by atoms with van der Waals surface area (Å²) in [5, 5.41) is 0.737. The molecular weight excluding hydrogens is 409 g/mol. The second-order valence-corrected chi connectivity index (χ2v) is 7.36. The molecule has 0 bridgehead atoms. The third-order valence-corrected chi connectivity index (χ3v) is 5.42. The summed E-state index contributed by atoms with van der Waals surface area (Å²) in [6, 6.07) is 22.6. The molecule has 4 rings (SSSR count). The Morgan fingerprint density at radius 3 is 2.27 bits per heavy atom. The minimum Gasteiger partial charge on any atom is -0.435 e. The topological polar surface area (TPSA) is 27.1 Å². The van der Waals surface area contributed by atoms with E-state index in [9.17, 15) is 13.2 Å². The molecule has 0 amide bonds. The van der Waals surface area contributed by atoms with Crippen molar-refractivity contribution < 1.29 is 17.9 Å². The number of hydrogen-bond acceptors (Lipinski definition) is 3. The van der Waals surface area contributed by atoms with Gasteiger partial charge in [-0.05, 0) is 42.0 Å². The third kappa shape index (κ3) is 4.68. The summed E-state index contributed by atoms with van der Waals surface area (Å²) in [4.78, 5) is 4.57. The van der Waals surface area contributed by atoms with Gasteiger partial charge in [-0.1, -0.05) is 54.2 Å². The Morgan fingerprint density at radius 2 is 1.60 bits per heavy atom. The van der Waals surface area contributed by atoms with E-state index in [1.807, 2.05) is 34.9 Å². The summed E-state index contributed by atoms with van der Waals surface area (Å²) < 4.78 is 44.5. The lowest BCUT2D eigenvalue weighted by molar-refractivity contribution is -0.0498. The van der Waals surface area contributed by atoms with Gasteiger partial charge in [-0.25, -0.2) is 9.37 Å². The van der Waals surface area contributed by atoms with Gasteiger partial charge in [-0.15, -0.1) is 0 Å². The van der Waals surface area contributed by atoms with Crippen LogP contribution in [-0.4, -0.2) is 16.2 Å². The van der Waals surface area contributed by atoms with Crippen molar-refractivity contribution >= 4 is 11.8 Å². The van der Waals surface area contributed by atoms with E-state index in [-0.39, 0.29) is 11.6 Å². The standard InChI is InChI=1S/C23H17F3N2OS/c24-18-8-6-16(7-9-18)15-30-23-27-14-21(17-4-2-1-3-5-17)28(23)19-10-12-20(13-11-19)29-22(25)26/h1-14,22H,15H2. The Hall–Kier alpha value is -3.19. The van der Waals surface area contributed by atoms with Crippen LogP contribution >= 0.6 is 11.8 Å². The summed E-state index contributed by atoms with van der Waals surface area (Å²) >= 11 is 1.51. The first-order chi connectivity index (χ1) is 14.6. The average Bonchev–Trinajstić information content (AvgIpc) is 3.18. The molecule has 30 heavy (non-hydrogen) atoms. The number of nitrogens with zero attached hydrogens (tertiary/aromatic N) is 2. The molecule has 0 N–H and O–H groups in total. The first-order valence-corrected chi connectivity index (χ1v) is 10.1. The molecule has 4 aromatic rings. The lowest BCUT2D eigenvalue weighted by Gasteiger charge is -2.13. The maximum absolute atomic E-state index is 13.2. The van der Waals surface area contributed by atoms with E-state index < -0.39 is 6.61 Å². The molecule has 0 aliphatic carbocycles. The highest BCUT2D eigenvalue weighted by molar-refractivity contribution is 7.98. The first-order valence-electron chi connectivity index (χ1n) is 9.16. The van der Waals surface area contributed by atoms with E-state index in [0.29, 0.717) is 5.75 Å². The number of rotatable bonds is 7. The van der Waals surface area contributed by atoms with Gasteiger partial charge in [0.1, 0.15) is 11.6 Å². The largest absolute Gasteiger partial charge is 0.435 e. The predicted octanol–water partition coefficient (Wildman–Crippen LogP) is 6.57. The van der Waals surface area contributed by atoms with Crippen LogP contribution in [0.15, 0.2) is 90.2 Å². The minimum absolute atomic E-state index is 0.0932. The molecule has 0 aliphatic rings. The maximum atomic E-state index is 13.2. The van der Waals surface area contributed by atoms with Crippen LogP contribution in [0, 0.1) is 5.82 Å². The zero-order valence-electron chi connectivity index (χ0n) is 15.7. The minimum atomic E-state index is -2.87. The molecule has 0 saturated carbocycles. The number of alkyl halides is 2. The van der Waals surface area contributed by atoms with Crippen molar-refractivity contribution in [3.05, 3.63) is 96.4 Å². The molecule has 7 heteroatoms. The molecule has 1 heterocycles. The highest BCUT2D eigenvalue weighted by atomic mass is 32.2. The van der Waals surface area contributed by atoms with E-state index in [2.05, 4.69) is 9.72 Å². The zero-order valence-corrected chi connectivity index (χ0v) is 16.5. The molecule has 0 unspecified atom stereocenters. The number of halogens is 3. The number of ether oxygens (including phenoxy) is 1. The molecule has 0 atom stereocenters. The molecule has 3 aromatic carbocycles. The van der Waals surface area contributed by atoms with Crippen molar-refractivity contribution in [1.29, 1.82) is 0 Å². The van der Waals surface area contributed by atoms with Crippen LogP contribution in [0.4, 0.5) is 13.2 Å². The SMILES string of the molecule is Fc1ccc(CSc2ncc(-c3ccccc3)n2-c2ccc(OC(F)F)cc2)cc1. The molecule has 0 aliphatic heterocycles. The van der Waals surface area contributed by atoms with Gasteiger partial charge >= 0.3 is 6.61 Å². The Bertz CT molecular complexity index is 1100. The molecule has 1 aromatic heterocycles. The van der Waals surface area contributed by atoms with Crippen molar-refractivity contribution in [2.24, 2.45) is 0 Å². The molecule has 0 spiro atoms.